The number of carboxylic acid groups (broad SMARTS) is 1. The first-order valence-electron chi connectivity index (χ1n) is 7.14. The Morgan fingerprint density at radius 3 is 2.89 bits per heavy atom. The largest absolute Gasteiger partial charge is 0.481 e. The highest BCUT2D eigenvalue weighted by Gasteiger charge is 2.25. The summed E-state index contributed by atoms with van der Waals surface area (Å²) in [5.41, 5.74) is 0. The highest BCUT2D eigenvalue weighted by molar-refractivity contribution is 5.66. The van der Waals surface area contributed by atoms with Gasteiger partial charge in [0.2, 0.25) is 0 Å². The minimum atomic E-state index is -0.687. The Hall–Kier alpha value is -0.650. The number of aliphatic carboxylic acids is 1. The van der Waals surface area contributed by atoms with Gasteiger partial charge in [0.05, 0.1) is 19.8 Å². The SMILES string of the molecule is COCCOCCN1CCCC(C(C)CC(=O)O)C1. The fourth-order valence-electron chi connectivity index (χ4n) is 2.64. The van der Waals surface area contributed by atoms with Crippen LogP contribution in [0.25, 0.3) is 0 Å². The lowest BCUT2D eigenvalue weighted by Gasteiger charge is -2.35. The number of ether oxygens (including phenoxy) is 2. The Kier molecular flexibility index (Phi) is 8.02. The van der Waals surface area contributed by atoms with Crippen LogP contribution >= 0.6 is 0 Å². The van der Waals surface area contributed by atoms with Gasteiger partial charge in [-0.3, -0.25) is 4.79 Å². The van der Waals surface area contributed by atoms with Gasteiger partial charge in [0.15, 0.2) is 0 Å². The number of hydrogen-bond donors (Lipinski definition) is 1. The fraction of sp³-hybridized carbons (Fsp3) is 0.929. The van der Waals surface area contributed by atoms with E-state index in [0.29, 0.717) is 19.1 Å². The summed E-state index contributed by atoms with van der Waals surface area (Å²) in [5, 5.41) is 8.86. The molecule has 1 aliphatic rings. The van der Waals surface area contributed by atoms with Crippen LogP contribution in [0.15, 0.2) is 0 Å². The molecule has 2 unspecified atom stereocenters. The smallest absolute Gasteiger partial charge is 0.303 e. The molecule has 1 saturated heterocycles. The molecule has 0 bridgehead atoms. The number of carboxylic acids is 1. The zero-order valence-corrected chi connectivity index (χ0v) is 12.1. The van der Waals surface area contributed by atoms with E-state index in [0.717, 1.165) is 39.1 Å². The molecular formula is C14H27NO4. The van der Waals surface area contributed by atoms with Gasteiger partial charge in [-0.25, -0.2) is 0 Å². The molecule has 0 aromatic heterocycles. The number of methoxy groups -OCH3 is 1. The quantitative estimate of drug-likeness (QED) is 0.645. The average molecular weight is 273 g/mol. The Labute approximate surface area is 115 Å². The number of nitrogens with zero attached hydrogens (tertiary/aromatic N) is 1. The summed E-state index contributed by atoms with van der Waals surface area (Å²) < 4.78 is 10.4. The van der Waals surface area contributed by atoms with Crippen molar-refractivity contribution in [3.8, 4) is 0 Å². The van der Waals surface area contributed by atoms with Gasteiger partial charge in [-0.05, 0) is 31.2 Å². The number of piperidine rings is 1. The Morgan fingerprint density at radius 2 is 2.21 bits per heavy atom. The van der Waals surface area contributed by atoms with E-state index in [1.807, 2.05) is 0 Å². The molecule has 1 fully saturated rings. The topological polar surface area (TPSA) is 59.0 Å². The van der Waals surface area contributed by atoms with Crippen molar-refractivity contribution >= 4 is 5.97 Å². The van der Waals surface area contributed by atoms with E-state index in [1.165, 1.54) is 0 Å². The summed E-state index contributed by atoms with van der Waals surface area (Å²) in [4.78, 5) is 13.1. The lowest BCUT2D eigenvalue weighted by Crippen LogP contribution is -2.40. The van der Waals surface area contributed by atoms with E-state index in [9.17, 15) is 4.79 Å². The molecule has 1 heterocycles. The van der Waals surface area contributed by atoms with Gasteiger partial charge in [-0.2, -0.15) is 0 Å². The van der Waals surface area contributed by atoms with Gasteiger partial charge in [-0.15, -0.1) is 0 Å². The predicted molar refractivity (Wildman–Crippen MR) is 73.3 cm³/mol. The molecule has 19 heavy (non-hydrogen) atoms. The van der Waals surface area contributed by atoms with Gasteiger partial charge >= 0.3 is 5.97 Å². The van der Waals surface area contributed by atoms with Gasteiger partial charge in [0, 0.05) is 26.6 Å². The summed E-state index contributed by atoms with van der Waals surface area (Å²) in [7, 11) is 1.67. The first kappa shape index (κ1) is 16.4. The Morgan fingerprint density at radius 1 is 1.42 bits per heavy atom. The van der Waals surface area contributed by atoms with Crippen LogP contribution in [0.2, 0.25) is 0 Å². The monoisotopic (exact) mass is 273 g/mol. The van der Waals surface area contributed by atoms with E-state index >= 15 is 0 Å². The summed E-state index contributed by atoms with van der Waals surface area (Å²) in [6, 6.07) is 0. The molecule has 112 valence electrons. The van der Waals surface area contributed by atoms with Crippen molar-refractivity contribution < 1.29 is 19.4 Å². The van der Waals surface area contributed by atoms with E-state index in [4.69, 9.17) is 14.6 Å². The van der Waals surface area contributed by atoms with E-state index in [1.54, 1.807) is 7.11 Å². The summed E-state index contributed by atoms with van der Waals surface area (Å²) in [6.45, 7) is 7.09. The lowest BCUT2D eigenvalue weighted by molar-refractivity contribution is -0.138. The zero-order valence-electron chi connectivity index (χ0n) is 12.1. The Balaban J connectivity index is 2.20. The minimum absolute atomic E-state index is 0.259. The van der Waals surface area contributed by atoms with Gasteiger partial charge < -0.3 is 19.5 Å². The molecule has 0 aliphatic carbocycles. The van der Waals surface area contributed by atoms with Gasteiger partial charge in [0.1, 0.15) is 0 Å². The normalized spacial score (nSPS) is 22.3. The van der Waals surface area contributed by atoms with Crippen molar-refractivity contribution in [2.45, 2.75) is 26.2 Å². The lowest BCUT2D eigenvalue weighted by atomic mass is 9.85. The first-order valence-corrected chi connectivity index (χ1v) is 7.14. The molecule has 1 aliphatic heterocycles. The second-order valence-electron chi connectivity index (χ2n) is 5.38. The van der Waals surface area contributed by atoms with E-state index in [-0.39, 0.29) is 12.3 Å². The zero-order chi connectivity index (χ0) is 14.1. The molecule has 2 atom stereocenters. The second kappa shape index (κ2) is 9.28. The maximum absolute atomic E-state index is 10.8. The standard InChI is InChI=1S/C14H27NO4/c1-12(10-14(16)17)13-4-3-5-15(11-13)6-7-19-9-8-18-2/h12-13H,3-11H2,1-2H3,(H,16,17). The third-order valence-corrected chi connectivity index (χ3v) is 3.83. The van der Waals surface area contributed by atoms with E-state index in [2.05, 4.69) is 11.8 Å². The van der Waals surface area contributed by atoms with Crippen molar-refractivity contribution in [3.63, 3.8) is 0 Å². The van der Waals surface area contributed by atoms with Crippen LogP contribution in [-0.4, -0.2) is 62.5 Å². The van der Waals surface area contributed by atoms with E-state index < -0.39 is 5.97 Å². The van der Waals surface area contributed by atoms with Crippen LogP contribution in [0.5, 0.6) is 0 Å². The van der Waals surface area contributed by atoms with Crippen molar-refractivity contribution in [2.75, 3.05) is 46.6 Å². The van der Waals surface area contributed by atoms with Crippen LogP contribution < -0.4 is 0 Å². The van der Waals surface area contributed by atoms with Crippen LogP contribution in [0, 0.1) is 11.8 Å². The Bertz CT molecular complexity index is 260. The van der Waals surface area contributed by atoms with Crippen LogP contribution in [-0.2, 0) is 14.3 Å². The molecule has 1 N–H and O–H groups in total. The minimum Gasteiger partial charge on any atom is -0.481 e. The van der Waals surface area contributed by atoms with Crippen molar-refractivity contribution in [1.82, 2.24) is 4.90 Å². The highest BCUT2D eigenvalue weighted by Crippen LogP contribution is 2.25. The van der Waals surface area contributed by atoms with Gasteiger partial charge in [0.25, 0.3) is 0 Å². The molecule has 5 nitrogen and oxygen atoms in total. The molecule has 0 radical (unpaired) electrons. The third kappa shape index (κ3) is 6.89. The third-order valence-electron chi connectivity index (χ3n) is 3.83. The van der Waals surface area contributed by atoms with Crippen LogP contribution in [0.3, 0.4) is 0 Å². The molecule has 0 spiro atoms. The van der Waals surface area contributed by atoms with Crippen LogP contribution in [0.4, 0.5) is 0 Å². The number of rotatable bonds is 9. The molecular weight excluding hydrogens is 246 g/mol. The van der Waals surface area contributed by atoms with Gasteiger partial charge in [-0.1, -0.05) is 6.92 Å². The van der Waals surface area contributed by atoms with Crippen molar-refractivity contribution in [1.29, 1.82) is 0 Å². The first-order chi connectivity index (χ1) is 9.13. The number of hydrogen-bond acceptors (Lipinski definition) is 4. The summed E-state index contributed by atoms with van der Waals surface area (Å²) in [5.74, 6) is 0.0751. The summed E-state index contributed by atoms with van der Waals surface area (Å²) >= 11 is 0. The molecule has 1 rings (SSSR count). The van der Waals surface area contributed by atoms with Crippen molar-refractivity contribution in [3.05, 3.63) is 0 Å². The fourth-order valence-corrected chi connectivity index (χ4v) is 2.64. The second-order valence-corrected chi connectivity index (χ2v) is 5.38. The summed E-state index contributed by atoms with van der Waals surface area (Å²) in [6.07, 6.45) is 2.59. The molecule has 0 saturated carbocycles. The highest BCUT2D eigenvalue weighted by atomic mass is 16.5. The molecule has 0 aromatic carbocycles. The average Bonchev–Trinajstić information content (AvgIpc) is 2.38. The number of carbonyl (C=O) groups is 1. The predicted octanol–water partition coefficient (Wildman–Crippen LogP) is 1.47. The molecule has 0 amide bonds. The van der Waals surface area contributed by atoms with Crippen LogP contribution in [0.1, 0.15) is 26.2 Å². The van der Waals surface area contributed by atoms with Crippen molar-refractivity contribution in [2.24, 2.45) is 11.8 Å². The maximum Gasteiger partial charge on any atom is 0.303 e. The maximum atomic E-state index is 10.8. The molecule has 5 heteroatoms. The number of likely N-dealkylation sites (tertiary alicyclic amines) is 1. The molecule has 0 aromatic rings.